The number of benzene rings is 1. The highest BCUT2D eigenvalue weighted by Gasteiger charge is 2.52. The molecule has 1 aromatic carbocycles. The van der Waals surface area contributed by atoms with Crippen molar-refractivity contribution in [3.63, 3.8) is 0 Å². The summed E-state index contributed by atoms with van der Waals surface area (Å²) in [5.41, 5.74) is 0.244. The van der Waals surface area contributed by atoms with E-state index >= 15 is 0 Å². The van der Waals surface area contributed by atoms with E-state index in [4.69, 9.17) is 23.2 Å². The van der Waals surface area contributed by atoms with Gasteiger partial charge in [0.2, 0.25) is 5.91 Å². The molecule has 4 aliphatic carbocycles. The van der Waals surface area contributed by atoms with Crippen LogP contribution in [-0.2, 0) is 4.79 Å². The minimum Gasteiger partial charge on any atom is -0.349 e. The molecule has 1 heterocycles. The first-order valence-electron chi connectivity index (χ1n) is 9.95. The predicted molar refractivity (Wildman–Crippen MR) is 105 cm³/mol. The van der Waals surface area contributed by atoms with Gasteiger partial charge in [0.1, 0.15) is 6.04 Å². The van der Waals surface area contributed by atoms with Crippen molar-refractivity contribution in [2.45, 2.75) is 57.0 Å². The number of carbonyl (C=O) groups is 3. The van der Waals surface area contributed by atoms with Gasteiger partial charge in [0, 0.05) is 5.54 Å². The number of rotatable bonds is 3. The van der Waals surface area contributed by atoms with Crippen LogP contribution in [0.5, 0.6) is 0 Å². The quantitative estimate of drug-likeness (QED) is 0.749. The van der Waals surface area contributed by atoms with Crippen molar-refractivity contribution in [2.24, 2.45) is 17.8 Å². The molecule has 6 rings (SSSR count). The highest BCUT2D eigenvalue weighted by atomic mass is 35.5. The van der Waals surface area contributed by atoms with E-state index in [2.05, 4.69) is 5.32 Å². The molecule has 1 unspecified atom stereocenters. The van der Waals surface area contributed by atoms with Crippen molar-refractivity contribution < 1.29 is 14.4 Å². The smallest absolute Gasteiger partial charge is 0.262 e. The lowest BCUT2D eigenvalue weighted by Crippen LogP contribution is -2.62. The summed E-state index contributed by atoms with van der Waals surface area (Å²) >= 11 is 12.0. The Hall–Kier alpha value is -1.59. The molecular formula is C21H22Cl2N2O3. The number of halogens is 2. The molecule has 0 aromatic heterocycles. The summed E-state index contributed by atoms with van der Waals surface area (Å²) in [6.45, 7) is 1.61. The van der Waals surface area contributed by atoms with Crippen LogP contribution >= 0.6 is 23.2 Å². The Labute approximate surface area is 173 Å². The Morgan fingerprint density at radius 2 is 1.43 bits per heavy atom. The fourth-order valence-electron chi connectivity index (χ4n) is 6.35. The van der Waals surface area contributed by atoms with E-state index in [-0.39, 0.29) is 32.6 Å². The van der Waals surface area contributed by atoms with Crippen LogP contribution in [0.2, 0.25) is 10.0 Å². The van der Waals surface area contributed by atoms with Gasteiger partial charge in [-0.2, -0.15) is 0 Å². The largest absolute Gasteiger partial charge is 0.349 e. The number of hydrogen-bond donors (Lipinski definition) is 1. The number of nitrogens with zero attached hydrogens (tertiary/aromatic N) is 1. The van der Waals surface area contributed by atoms with Gasteiger partial charge in [-0.15, -0.1) is 0 Å². The van der Waals surface area contributed by atoms with E-state index in [1.807, 2.05) is 0 Å². The third-order valence-corrected chi connectivity index (χ3v) is 7.87. The van der Waals surface area contributed by atoms with Crippen molar-refractivity contribution in [3.05, 3.63) is 33.3 Å². The maximum absolute atomic E-state index is 13.1. The van der Waals surface area contributed by atoms with Crippen LogP contribution in [0, 0.1) is 17.8 Å². The van der Waals surface area contributed by atoms with E-state index in [0.717, 1.165) is 24.2 Å². The van der Waals surface area contributed by atoms with Crippen molar-refractivity contribution in [1.82, 2.24) is 10.2 Å². The molecule has 1 aromatic rings. The van der Waals surface area contributed by atoms with Gasteiger partial charge >= 0.3 is 0 Å². The summed E-state index contributed by atoms with van der Waals surface area (Å²) in [4.78, 5) is 39.7. The number of nitrogens with one attached hydrogen (secondary N) is 1. The molecule has 4 bridgehead atoms. The summed E-state index contributed by atoms with van der Waals surface area (Å²) in [6.07, 6.45) is 6.90. The molecule has 5 nitrogen and oxygen atoms in total. The molecule has 148 valence electrons. The molecule has 4 saturated carbocycles. The molecule has 0 radical (unpaired) electrons. The molecule has 1 atom stereocenters. The van der Waals surface area contributed by atoms with Gasteiger partial charge in [0.05, 0.1) is 21.2 Å². The number of hydrogen-bond acceptors (Lipinski definition) is 3. The lowest BCUT2D eigenvalue weighted by Gasteiger charge is -2.57. The SMILES string of the molecule is CC(C(=O)NC12CC3CC(CC(C3)C1)C2)N1C(=O)c2cc(Cl)c(Cl)cc2C1=O. The summed E-state index contributed by atoms with van der Waals surface area (Å²) in [5, 5.41) is 3.69. The number of amides is 3. The minimum atomic E-state index is -0.877. The third-order valence-electron chi connectivity index (χ3n) is 7.15. The van der Waals surface area contributed by atoms with Gasteiger partial charge in [-0.25, -0.2) is 0 Å². The Balaban J connectivity index is 1.37. The van der Waals surface area contributed by atoms with E-state index in [0.29, 0.717) is 17.8 Å². The lowest BCUT2D eigenvalue weighted by molar-refractivity contribution is -0.130. The number of carbonyl (C=O) groups excluding carboxylic acids is 3. The molecule has 1 aliphatic heterocycles. The van der Waals surface area contributed by atoms with E-state index < -0.39 is 17.9 Å². The first kappa shape index (κ1) is 18.4. The van der Waals surface area contributed by atoms with E-state index in [1.165, 1.54) is 31.4 Å². The fraction of sp³-hybridized carbons (Fsp3) is 0.571. The Bertz CT molecular complexity index is 837. The van der Waals surface area contributed by atoms with E-state index in [1.54, 1.807) is 6.92 Å². The van der Waals surface area contributed by atoms with Gasteiger partial charge in [-0.1, -0.05) is 23.2 Å². The van der Waals surface area contributed by atoms with Crippen LogP contribution in [0.1, 0.15) is 66.2 Å². The summed E-state index contributed by atoms with van der Waals surface area (Å²) < 4.78 is 0. The van der Waals surface area contributed by atoms with Crippen LogP contribution < -0.4 is 5.32 Å². The third kappa shape index (κ3) is 2.70. The number of fused-ring (bicyclic) bond motifs is 1. The zero-order valence-electron chi connectivity index (χ0n) is 15.6. The summed E-state index contributed by atoms with van der Waals surface area (Å²) in [7, 11) is 0. The fourth-order valence-corrected chi connectivity index (χ4v) is 6.68. The van der Waals surface area contributed by atoms with Crippen LogP contribution in [0.25, 0.3) is 0 Å². The van der Waals surface area contributed by atoms with Crippen LogP contribution in [0.15, 0.2) is 12.1 Å². The van der Waals surface area contributed by atoms with Gasteiger partial charge in [0.25, 0.3) is 11.8 Å². The molecule has 0 spiro atoms. The molecule has 28 heavy (non-hydrogen) atoms. The zero-order valence-corrected chi connectivity index (χ0v) is 17.1. The van der Waals surface area contributed by atoms with Crippen LogP contribution in [0.3, 0.4) is 0 Å². The first-order chi connectivity index (χ1) is 13.3. The Morgan fingerprint density at radius 3 is 1.86 bits per heavy atom. The Morgan fingerprint density at radius 1 is 1.00 bits per heavy atom. The summed E-state index contributed by atoms with van der Waals surface area (Å²) in [5.74, 6) is 0.855. The maximum Gasteiger partial charge on any atom is 0.262 e. The highest BCUT2D eigenvalue weighted by molar-refractivity contribution is 6.43. The first-order valence-corrected chi connectivity index (χ1v) is 10.7. The van der Waals surface area contributed by atoms with Crippen LogP contribution in [0.4, 0.5) is 0 Å². The van der Waals surface area contributed by atoms with Gasteiger partial charge < -0.3 is 5.32 Å². The summed E-state index contributed by atoms with van der Waals surface area (Å²) in [6, 6.07) is 1.93. The van der Waals surface area contributed by atoms with Gasteiger partial charge in [0.15, 0.2) is 0 Å². The zero-order chi connectivity index (χ0) is 19.8. The molecule has 1 N–H and O–H groups in total. The molecular weight excluding hydrogens is 399 g/mol. The normalized spacial score (nSPS) is 34.0. The van der Waals surface area contributed by atoms with Crippen LogP contribution in [-0.4, -0.2) is 34.2 Å². The molecule has 3 amide bonds. The predicted octanol–water partition coefficient (Wildman–Crippen LogP) is 4.06. The van der Waals surface area contributed by atoms with Crippen molar-refractivity contribution >= 4 is 40.9 Å². The van der Waals surface area contributed by atoms with E-state index in [9.17, 15) is 14.4 Å². The van der Waals surface area contributed by atoms with Crippen molar-refractivity contribution in [1.29, 1.82) is 0 Å². The minimum absolute atomic E-state index is 0.161. The molecule has 0 saturated heterocycles. The monoisotopic (exact) mass is 420 g/mol. The average Bonchev–Trinajstić information content (AvgIpc) is 2.84. The topological polar surface area (TPSA) is 66.5 Å². The standard InChI is InChI=1S/C21H22Cl2N2O3/c1-10(25-19(27)14-5-16(22)17(23)6-15(14)20(25)28)18(26)24-21-7-11-2-12(8-21)4-13(3-11)9-21/h5-6,10-13H,2-4,7-9H2,1H3,(H,24,26). The van der Waals surface area contributed by atoms with Gasteiger partial charge in [-0.05, 0) is 75.3 Å². The van der Waals surface area contributed by atoms with Crippen molar-refractivity contribution in [3.8, 4) is 0 Å². The molecule has 5 aliphatic rings. The molecule has 7 heteroatoms. The average molecular weight is 421 g/mol. The second-order valence-electron chi connectivity index (χ2n) is 9.16. The van der Waals surface area contributed by atoms with Gasteiger partial charge in [-0.3, -0.25) is 19.3 Å². The Kier molecular flexibility index (Phi) is 4.08. The second-order valence-corrected chi connectivity index (χ2v) is 9.97. The molecule has 4 fully saturated rings. The highest BCUT2D eigenvalue weighted by Crippen LogP contribution is 2.55. The maximum atomic E-state index is 13.1. The number of imide groups is 1. The second kappa shape index (κ2) is 6.20. The van der Waals surface area contributed by atoms with Crippen molar-refractivity contribution in [2.75, 3.05) is 0 Å². The lowest BCUT2D eigenvalue weighted by atomic mass is 9.53.